The first kappa shape index (κ1) is 21.0. The van der Waals surface area contributed by atoms with Crippen LogP contribution >= 0.6 is 0 Å². The summed E-state index contributed by atoms with van der Waals surface area (Å²) in [5.74, 6) is 0.869. The third-order valence-corrected chi connectivity index (χ3v) is 7.12. The molecule has 1 aliphatic rings. The van der Waals surface area contributed by atoms with Gasteiger partial charge < -0.3 is 19.9 Å². The molecule has 2 N–H and O–H groups in total. The molecule has 7 nitrogen and oxygen atoms in total. The van der Waals surface area contributed by atoms with Crippen molar-refractivity contribution >= 4 is 25.1 Å². The summed E-state index contributed by atoms with van der Waals surface area (Å²) < 4.78 is 7.90. The van der Waals surface area contributed by atoms with E-state index >= 15 is 0 Å². The lowest BCUT2D eigenvalue weighted by atomic mass is 10.1. The van der Waals surface area contributed by atoms with E-state index in [1.807, 2.05) is 35.3 Å². The molecule has 1 unspecified atom stereocenters. The van der Waals surface area contributed by atoms with Gasteiger partial charge in [-0.25, -0.2) is 15.0 Å². The number of anilines is 1. The Morgan fingerprint density at radius 3 is 2.97 bits per heavy atom. The van der Waals surface area contributed by atoms with Crippen LogP contribution in [0.15, 0.2) is 36.8 Å². The van der Waals surface area contributed by atoms with Crippen LogP contribution in [-0.4, -0.2) is 53.3 Å². The monoisotopic (exact) mass is 424 g/mol. The number of hydrogen-bond donors (Lipinski definition) is 2. The predicted octanol–water partition coefficient (Wildman–Crippen LogP) is 3.97. The van der Waals surface area contributed by atoms with Crippen LogP contribution in [0.25, 0.3) is 22.4 Å². The van der Waals surface area contributed by atoms with Crippen molar-refractivity contribution in [3.05, 3.63) is 36.8 Å². The topological polar surface area (TPSA) is 76.9 Å². The molecular weight excluding hydrogens is 392 g/mol. The molecule has 0 bridgehead atoms. The van der Waals surface area contributed by atoms with E-state index in [0.29, 0.717) is 12.8 Å². The number of nitrogens with one attached hydrogen (secondary N) is 2. The van der Waals surface area contributed by atoms with Gasteiger partial charge in [-0.2, -0.15) is 0 Å². The molecule has 0 amide bonds. The molecule has 0 radical (unpaired) electrons. The third-order valence-electron chi connectivity index (χ3n) is 5.41. The minimum absolute atomic E-state index is 0.387. The fraction of sp³-hybridized carbons (Fsp3) is 0.500. The van der Waals surface area contributed by atoms with E-state index in [1.165, 1.54) is 6.42 Å². The van der Waals surface area contributed by atoms with Gasteiger partial charge in [0.1, 0.15) is 18.1 Å². The SMILES string of the molecule is C[Si](C)(C)CCOCn1ccc2nc(-c3cccnc3NC3CCCNC3)cnc21. The summed E-state index contributed by atoms with van der Waals surface area (Å²) in [6.45, 7) is 10.4. The average Bonchev–Trinajstić information content (AvgIpc) is 3.14. The third kappa shape index (κ3) is 5.24. The van der Waals surface area contributed by atoms with Crippen molar-refractivity contribution < 1.29 is 4.74 Å². The second kappa shape index (κ2) is 9.24. The van der Waals surface area contributed by atoms with E-state index in [9.17, 15) is 0 Å². The standard InChI is InChI=1S/C22H32N6OSi/c1-30(2,3)13-12-29-16-28-11-8-19-22(28)25-15-20(27-19)18-7-5-10-24-21(18)26-17-6-4-9-23-14-17/h5,7-8,10-11,15,17,23H,4,6,9,12-14,16H2,1-3H3,(H,24,26). The quantitative estimate of drug-likeness (QED) is 0.421. The summed E-state index contributed by atoms with van der Waals surface area (Å²) in [6.07, 6.45) is 7.98. The predicted molar refractivity (Wildman–Crippen MR) is 124 cm³/mol. The molecule has 4 heterocycles. The Balaban J connectivity index is 1.49. The van der Waals surface area contributed by atoms with Gasteiger partial charge in [-0.15, -0.1) is 0 Å². The molecule has 1 atom stereocenters. The molecular formula is C22H32N6OSi. The summed E-state index contributed by atoms with van der Waals surface area (Å²) in [7, 11) is -1.08. The van der Waals surface area contributed by atoms with Crippen molar-refractivity contribution in [2.75, 3.05) is 25.0 Å². The van der Waals surface area contributed by atoms with Crippen LogP contribution < -0.4 is 10.6 Å². The van der Waals surface area contributed by atoms with E-state index in [0.717, 1.165) is 60.4 Å². The molecule has 0 saturated carbocycles. The van der Waals surface area contributed by atoms with Crippen LogP contribution in [0.2, 0.25) is 25.7 Å². The van der Waals surface area contributed by atoms with Crippen molar-refractivity contribution in [1.29, 1.82) is 0 Å². The molecule has 1 fully saturated rings. The van der Waals surface area contributed by atoms with E-state index in [2.05, 4.69) is 41.3 Å². The summed E-state index contributed by atoms with van der Waals surface area (Å²) >= 11 is 0. The van der Waals surface area contributed by atoms with Crippen LogP contribution in [0.1, 0.15) is 12.8 Å². The van der Waals surface area contributed by atoms with E-state index < -0.39 is 8.07 Å². The maximum absolute atomic E-state index is 5.88. The number of piperidine rings is 1. The lowest BCUT2D eigenvalue weighted by Crippen LogP contribution is -2.38. The number of ether oxygens (including phenoxy) is 1. The van der Waals surface area contributed by atoms with Crippen molar-refractivity contribution in [1.82, 2.24) is 24.8 Å². The summed E-state index contributed by atoms with van der Waals surface area (Å²) in [5.41, 5.74) is 3.54. The van der Waals surface area contributed by atoms with Gasteiger partial charge in [0.25, 0.3) is 0 Å². The number of nitrogens with zero attached hydrogens (tertiary/aromatic N) is 4. The molecule has 1 aliphatic heterocycles. The molecule has 0 aliphatic carbocycles. The van der Waals surface area contributed by atoms with E-state index in [4.69, 9.17) is 14.7 Å². The summed E-state index contributed by atoms with van der Waals surface area (Å²) in [5, 5.41) is 7.02. The summed E-state index contributed by atoms with van der Waals surface area (Å²) in [6, 6.07) is 7.55. The van der Waals surface area contributed by atoms with Crippen LogP contribution in [-0.2, 0) is 11.5 Å². The Hall–Kier alpha value is -2.29. The Bertz CT molecular complexity index is 977. The second-order valence-electron chi connectivity index (χ2n) is 9.18. The van der Waals surface area contributed by atoms with Crippen molar-refractivity contribution in [3.8, 4) is 11.3 Å². The van der Waals surface area contributed by atoms with Gasteiger partial charge in [0.15, 0.2) is 5.65 Å². The van der Waals surface area contributed by atoms with E-state index in [1.54, 1.807) is 0 Å². The fourth-order valence-corrected chi connectivity index (χ4v) is 4.39. The van der Waals surface area contributed by atoms with Gasteiger partial charge in [0.2, 0.25) is 0 Å². The lowest BCUT2D eigenvalue weighted by Gasteiger charge is -2.25. The Morgan fingerprint density at radius 2 is 2.17 bits per heavy atom. The van der Waals surface area contributed by atoms with Gasteiger partial charge in [0.05, 0.1) is 11.9 Å². The van der Waals surface area contributed by atoms with Crippen molar-refractivity contribution in [3.63, 3.8) is 0 Å². The van der Waals surface area contributed by atoms with Crippen LogP contribution in [0, 0.1) is 0 Å². The maximum Gasteiger partial charge on any atom is 0.160 e. The Kier molecular flexibility index (Phi) is 6.45. The van der Waals surface area contributed by atoms with Crippen molar-refractivity contribution in [2.45, 2.75) is 51.3 Å². The average molecular weight is 425 g/mol. The minimum atomic E-state index is -1.08. The Labute approximate surface area is 179 Å². The highest BCUT2D eigenvalue weighted by Crippen LogP contribution is 2.26. The van der Waals surface area contributed by atoms with Crippen LogP contribution in [0.5, 0.6) is 0 Å². The van der Waals surface area contributed by atoms with E-state index in [-0.39, 0.29) is 0 Å². The smallest absolute Gasteiger partial charge is 0.160 e. The molecule has 8 heteroatoms. The molecule has 3 aromatic rings. The zero-order valence-electron chi connectivity index (χ0n) is 18.2. The second-order valence-corrected chi connectivity index (χ2v) is 14.8. The molecule has 0 spiro atoms. The van der Waals surface area contributed by atoms with Gasteiger partial charge in [0, 0.05) is 45.2 Å². The van der Waals surface area contributed by atoms with Gasteiger partial charge >= 0.3 is 0 Å². The highest BCUT2D eigenvalue weighted by atomic mass is 28.3. The first-order valence-electron chi connectivity index (χ1n) is 10.8. The number of pyridine rings is 1. The molecule has 1 saturated heterocycles. The van der Waals surface area contributed by atoms with Crippen LogP contribution in [0.4, 0.5) is 5.82 Å². The molecule has 3 aromatic heterocycles. The van der Waals surface area contributed by atoms with Crippen molar-refractivity contribution in [2.24, 2.45) is 0 Å². The Morgan fingerprint density at radius 1 is 1.27 bits per heavy atom. The van der Waals surface area contributed by atoms with Crippen LogP contribution in [0.3, 0.4) is 0 Å². The fourth-order valence-electron chi connectivity index (χ4n) is 3.63. The first-order chi connectivity index (χ1) is 14.5. The lowest BCUT2D eigenvalue weighted by molar-refractivity contribution is 0.0899. The molecule has 0 aromatic carbocycles. The number of hydrogen-bond acceptors (Lipinski definition) is 6. The first-order valence-corrected chi connectivity index (χ1v) is 14.5. The van der Waals surface area contributed by atoms with Gasteiger partial charge in [-0.05, 0) is 43.6 Å². The highest BCUT2D eigenvalue weighted by Gasteiger charge is 2.17. The number of rotatable bonds is 8. The number of aromatic nitrogens is 4. The minimum Gasteiger partial charge on any atom is -0.366 e. The number of fused-ring (bicyclic) bond motifs is 1. The zero-order chi connectivity index (χ0) is 21.0. The van der Waals surface area contributed by atoms with Gasteiger partial charge in [-0.3, -0.25) is 0 Å². The zero-order valence-corrected chi connectivity index (χ0v) is 19.2. The van der Waals surface area contributed by atoms with Gasteiger partial charge in [-0.1, -0.05) is 19.6 Å². The normalized spacial score (nSPS) is 17.4. The largest absolute Gasteiger partial charge is 0.366 e. The highest BCUT2D eigenvalue weighted by molar-refractivity contribution is 6.76. The maximum atomic E-state index is 5.88. The molecule has 4 rings (SSSR count). The molecule has 160 valence electrons. The molecule has 30 heavy (non-hydrogen) atoms. The summed E-state index contributed by atoms with van der Waals surface area (Å²) in [4.78, 5) is 14.1.